The van der Waals surface area contributed by atoms with Crippen molar-refractivity contribution in [1.82, 2.24) is 10.4 Å². The van der Waals surface area contributed by atoms with Gasteiger partial charge >= 0.3 is 0 Å². The summed E-state index contributed by atoms with van der Waals surface area (Å²) in [7, 11) is 0. The van der Waals surface area contributed by atoms with Crippen molar-refractivity contribution in [3.8, 4) is 16.3 Å². The number of nitrogens with zero attached hydrogens (tertiary/aromatic N) is 2. The van der Waals surface area contributed by atoms with E-state index in [9.17, 15) is 9.90 Å². The Bertz CT molecular complexity index is 1230. The van der Waals surface area contributed by atoms with Gasteiger partial charge in [0, 0.05) is 21.5 Å². The maximum Gasteiger partial charge on any atom is 0.283 e. The van der Waals surface area contributed by atoms with E-state index in [1.165, 1.54) is 11.3 Å². The lowest BCUT2D eigenvalue weighted by atomic mass is 10.0. The van der Waals surface area contributed by atoms with Crippen molar-refractivity contribution in [2.45, 2.75) is 6.92 Å². The molecule has 0 saturated heterocycles. The van der Waals surface area contributed by atoms with E-state index >= 15 is 0 Å². The third-order valence-corrected chi connectivity index (χ3v) is 5.86. The highest BCUT2D eigenvalue weighted by molar-refractivity contribution is 7.17. The topological polar surface area (TPSA) is 74.6 Å². The number of aryl methyl sites for hydroxylation is 1. The number of amides is 1. The molecule has 0 aliphatic carbocycles. The van der Waals surface area contributed by atoms with Crippen LogP contribution < -0.4 is 5.43 Å². The minimum Gasteiger partial charge on any atom is -0.507 e. The Hall–Kier alpha value is -3.22. The average Bonchev–Trinajstić information content (AvgIpc) is 3.12. The van der Waals surface area contributed by atoms with Gasteiger partial charge in [0.05, 0.1) is 11.9 Å². The zero-order valence-corrected chi connectivity index (χ0v) is 17.0. The Morgan fingerprint density at radius 2 is 1.83 bits per heavy atom. The van der Waals surface area contributed by atoms with Gasteiger partial charge in [0.1, 0.15) is 15.6 Å². The predicted octanol–water partition coefficient (Wildman–Crippen LogP) is 5.39. The van der Waals surface area contributed by atoms with Gasteiger partial charge < -0.3 is 5.11 Å². The summed E-state index contributed by atoms with van der Waals surface area (Å²) in [6, 6.07) is 18.2. The fourth-order valence-electron chi connectivity index (χ4n) is 2.95. The third-order valence-electron chi connectivity index (χ3n) is 4.40. The van der Waals surface area contributed by atoms with Gasteiger partial charge in [-0.05, 0) is 36.6 Å². The monoisotopic (exact) mass is 421 g/mol. The van der Waals surface area contributed by atoms with Crippen molar-refractivity contribution in [3.05, 3.63) is 81.8 Å². The van der Waals surface area contributed by atoms with Crippen molar-refractivity contribution in [1.29, 1.82) is 0 Å². The Kier molecular flexibility index (Phi) is 5.29. The predicted molar refractivity (Wildman–Crippen MR) is 118 cm³/mol. The molecule has 29 heavy (non-hydrogen) atoms. The Morgan fingerprint density at radius 3 is 2.59 bits per heavy atom. The normalized spacial score (nSPS) is 11.2. The number of hydrogen-bond donors (Lipinski definition) is 2. The van der Waals surface area contributed by atoms with Crippen LogP contribution in [-0.4, -0.2) is 22.2 Å². The second kappa shape index (κ2) is 8.03. The minimum atomic E-state index is -0.320. The van der Waals surface area contributed by atoms with Gasteiger partial charge in [-0.15, -0.1) is 11.3 Å². The number of carbonyl (C=O) groups is 1. The molecule has 4 aromatic rings. The molecule has 0 saturated carbocycles. The molecule has 1 heterocycles. The van der Waals surface area contributed by atoms with Gasteiger partial charge in [-0.1, -0.05) is 48.0 Å². The van der Waals surface area contributed by atoms with Crippen LogP contribution in [-0.2, 0) is 0 Å². The van der Waals surface area contributed by atoms with Crippen LogP contribution in [0.3, 0.4) is 0 Å². The number of phenols is 1. The molecule has 0 atom stereocenters. The highest BCUT2D eigenvalue weighted by atomic mass is 35.5. The lowest BCUT2D eigenvalue weighted by molar-refractivity contribution is 0.0958. The first-order valence-electron chi connectivity index (χ1n) is 8.80. The molecule has 0 spiro atoms. The van der Waals surface area contributed by atoms with Crippen LogP contribution in [0, 0.1) is 6.92 Å². The van der Waals surface area contributed by atoms with Crippen molar-refractivity contribution >= 4 is 45.8 Å². The summed E-state index contributed by atoms with van der Waals surface area (Å²) in [5, 5.41) is 17.0. The molecule has 7 heteroatoms. The number of carbonyl (C=O) groups excluding carboxylic acids is 1. The largest absolute Gasteiger partial charge is 0.507 e. The Labute approximate surface area is 176 Å². The molecule has 0 radical (unpaired) electrons. The first-order chi connectivity index (χ1) is 14.0. The highest BCUT2D eigenvalue weighted by Crippen LogP contribution is 2.29. The maximum atomic E-state index is 12.6. The van der Waals surface area contributed by atoms with E-state index in [1.54, 1.807) is 37.4 Å². The van der Waals surface area contributed by atoms with Gasteiger partial charge in [0.25, 0.3) is 5.91 Å². The molecule has 144 valence electrons. The number of hydrazone groups is 1. The number of rotatable bonds is 4. The summed E-state index contributed by atoms with van der Waals surface area (Å²) in [5.41, 5.74) is 4.90. The van der Waals surface area contributed by atoms with Crippen LogP contribution in [0.1, 0.15) is 20.9 Å². The summed E-state index contributed by atoms with van der Waals surface area (Å²) in [5.74, 6) is -0.114. The second-order valence-electron chi connectivity index (χ2n) is 6.36. The molecule has 0 bridgehead atoms. The molecule has 0 unspecified atom stereocenters. The molecule has 0 fully saturated rings. The quantitative estimate of drug-likeness (QED) is 0.342. The summed E-state index contributed by atoms with van der Waals surface area (Å²) < 4.78 is 0. The number of aromatic hydroxyl groups is 1. The van der Waals surface area contributed by atoms with Crippen LogP contribution in [0.4, 0.5) is 0 Å². The number of hydrogen-bond acceptors (Lipinski definition) is 5. The summed E-state index contributed by atoms with van der Waals surface area (Å²) >= 11 is 7.23. The molecule has 0 aliphatic rings. The van der Waals surface area contributed by atoms with Crippen LogP contribution in [0.2, 0.25) is 5.02 Å². The van der Waals surface area contributed by atoms with Gasteiger partial charge in [-0.2, -0.15) is 5.10 Å². The number of halogens is 1. The summed E-state index contributed by atoms with van der Waals surface area (Å²) in [4.78, 5) is 17.5. The number of thiazole rings is 1. The van der Waals surface area contributed by atoms with E-state index in [2.05, 4.69) is 15.5 Å². The van der Waals surface area contributed by atoms with E-state index in [0.717, 1.165) is 26.9 Å². The van der Waals surface area contributed by atoms with Crippen molar-refractivity contribution < 1.29 is 9.90 Å². The first-order valence-corrected chi connectivity index (χ1v) is 10.00. The van der Waals surface area contributed by atoms with Gasteiger partial charge in [-0.3, -0.25) is 4.79 Å². The summed E-state index contributed by atoms with van der Waals surface area (Å²) in [6.07, 6.45) is 1.57. The second-order valence-corrected chi connectivity index (χ2v) is 7.79. The molecular weight excluding hydrogens is 406 g/mol. The SMILES string of the molecule is Cc1nc(-c2ccc(Cl)cc2)sc1C(=O)N/N=C/c1ccc(O)c2ccccc12. The molecule has 3 aromatic carbocycles. The smallest absolute Gasteiger partial charge is 0.283 e. The lowest BCUT2D eigenvalue weighted by Crippen LogP contribution is -2.17. The van der Waals surface area contributed by atoms with Crippen LogP contribution in [0.25, 0.3) is 21.3 Å². The summed E-state index contributed by atoms with van der Waals surface area (Å²) in [6.45, 7) is 1.79. The highest BCUT2D eigenvalue weighted by Gasteiger charge is 2.16. The molecular formula is C22H16ClN3O2S. The maximum absolute atomic E-state index is 12.6. The van der Waals surface area contributed by atoms with E-state index < -0.39 is 0 Å². The van der Waals surface area contributed by atoms with Gasteiger partial charge in [-0.25, -0.2) is 10.4 Å². The first kappa shape index (κ1) is 19.1. The Balaban J connectivity index is 1.53. The lowest BCUT2D eigenvalue weighted by Gasteiger charge is -2.04. The zero-order chi connectivity index (χ0) is 20.4. The van der Waals surface area contributed by atoms with Crippen molar-refractivity contribution in [2.75, 3.05) is 0 Å². The van der Waals surface area contributed by atoms with Gasteiger partial charge in [0.15, 0.2) is 0 Å². The van der Waals surface area contributed by atoms with Gasteiger partial charge in [0.2, 0.25) is 0 Å². The van der Waals surface area contributed by atoms with E-state index in [4.69, 9.17) is 11.6 Å². The number of fused-ring (bicyclic) bond motifs is 1. The zero-order valence-electron chi connectivity index (χ0n) is 15.4. The average molecular weight is 422 g/mol. The number of phenolic OH excluding ortho intramolecular Hbond substituents is 1. The molecule has 4 rings (SSSR count). The van der Waals surface area contributed by atoms with E-state index in [1.807, 2.05) is 36.4 Å². The van der Waals surface area contributed by atoms with Crippen LogP contribution in [0.15, 0.2) is 65.8 Å². The van der Waals surface area contributed by atoms with E-state index in [-0.39, 0.29) is 11.7 Å². The third kappa shape index (κ3) is 3.99. The standard InChI is InChI=1S/C22H16ClN3O2S/c1-13-20(29-22(25-13)14-6-9-16(23)10-7-14)21(28)26-24-12-15-8-11-19(27)18-5-3-2-4-17(15)18/h2-12,27H,1H3,(H,26,28)/b24-12+. The van der Waals surface area contributed by atoms with E-state index in [0.29, 0.717) is 15.6 Å². The number of aromatic nitrogens is 1. The number of benzene rings is 3. The molecule has 0 aliphatic heterocycles. The number of nitrogens with one attached hydrogen (secondary N) is 1. The van der Waals surface area contributed by atoms with Crippen molar-refractivity contribution in [3.63, 3.8) is 0 Å². The molecule has 2 N–H and O–H groups in total. The fourth-order valence-corrected chi connectivity index (χ4v) is 4.04. The molecule has 5 nitrogen and oxygen atoms in total. The minimum absolute atomic E-state index is 0.205. The fraction of sp³-hybridized carbons (Fsp3) is 0.0455. The van der Waals surface area contributed by atoms with Crippen LogP contribution >= 0.6 is 22.9 Å². The van der Waals surface area contributed by atoms with Crippen LogP contribution in [0.5, 0.6) is 5.75 Å². The van der Waals surface area contributed by atoms with Crippen molar-refractivity contribution in [2.24, 2.45) is 5.10 Å². The molecule has 1 amide bonds. The Morgan fingerprint density at radius 1 is 1.10 bits per heavy atom. The molecule has 1 aromatic heterocycles.